The van der Waals surface area contributed by atoms with E-state index in [0.717, 1.165) is 15.8 Å². The molecule has 0 saturated carbocycles. The summed E-state index contributed by atoms with van der Waals surface area (Å²) >= 11 is 4.77. The van der Waals surface area contributed by atoms with Crippen molar-refractivity contribution in [2.45, 2.75) is 0 Å². The van der Waals surface area contributed by atoms with Gasteiger partial charge in [-0.25, -0.2) is 0 Å². The third-order valence-electron chi connectivity index (χ3n) is 1.67. The molecule has 3 N–H and O–H groups in total. The molecule has 0 aliphatic heterocycles. The van der Waals surface area contributed by atoms with E-state index >= 15 is 0 Å². The van der Waals surface area contributed by atoms with E-state index in [4.69, 9.17) is 5.73 Å². The van der Waals surface area contributed by atoms with Crippen molar-refractivity contribution in [3.8, 4) is 5.75 Å². The zero-order valence-electron chi connectivity index (χ0n) is 6.04. The molecular weight excluding hydrogens is 238 g/mol. The molecule has 2 aromatic rings. The fourth-order valence-electron chi connectivity index (χ4n) is 1.06. The van der Waals surface area contributed by atoms with Gasteiger partial charge in [-0.3, -0.25) is 0 Å². The second-order valence-corrected chi connectivity index (χ2v) is 4.26. The van der Waals surface area contributed by atoms with E-state index in [1.165, 1.54) is 11.3 Å². The molecule has 1 aromatic heterocycles. The first-order chi connectivity index (χ1) is 5.68. The van der Waals surface area contributed by atoms with Gasteiger partial charge < -0.3 is 10.8 Å². The van der Waals surface area contributed by atoms with Crippen molar-refractivity contribution in [3.05, 3.63) is 22.0 Å². The average Bonchev–Trinajstić information content (AvgIpc) is 2.35. The number of nitrogens with two attached hydrogens (primary N) is 1. The molecule has 0 unspecified atom stereocenters. The Labute approximate surface area is 81.8 Å². The molecule has 0 saturated heterocycles. The molecule has 0 aliphatic carbocycles. The zero-order valence-corrected chi connectivity index (χ0v) is 8.45. The van der Waals surface area contributed by atoms with Crippen LogP contribution in [-0.4, -0.2) is 5.11 Å². The lowest BCUT2D eigenvalue weighted by molar-refractivity contribution is 0.473. The lowest BCUT2D eigenvalue weighted by atomic mass is 10.2. The highest BCUT2D eigenvalue weighted by molar-refractivity contribution is 9.10. The minimum atomic E-state index is 0.254. The van der Waals surface area contributed by atoms with E-state index in [2.05, 4.69) is 15.9 Å². The molecule has 4 heteroatoms. The highest BCUT2D eigenvalue weighted by Gasteiger charge is 2.04. The smallest absolute Gasteiger partial charge is 0.131 e. The largest absolute Gasteiger partial charge is 0.507 e. The van der Waals surface area contributed by atoms with Crippen LogP contribution in [0.1, 0.15) is 0 Å². The highest BCUT2D eigenvalue weighted by atomic mass is 79.9. The van der Waals surface area contributed by atoms with Crippen LogP contribution in [0.5, 0.6) is 5.75 Å². The molecule has 0 bridgehead atoms. The van der Waals surface area contributed by atoms with Crippen LogP contribution < -0.4 is 5.73 Å². The van der Waals surface area contributed by atoms with E-state index in [-0.39, 0.29) is 5.75 Å². The number of rotatable bonds is 0. The third kappa shape index (κ3) is 1.07. The minimum absolute atomic E-state index is 0.254. The first kappa shape index (κ1) is 7.89. The number of benzene rings is 1. The molecule has 0 spiro atoms. The lowest BCUT2D eigenvalue weighted by Gasteiger charge is -1.96. The number of aromatic hydroxyl groups is 1. The van der Waals surface area contributed by atoms with Crippen LogP contribution in [0.2, 0.25) is 0 Å². The van der Waals surface area contributed by atoms with Gasteiger partial charge in [0, 0.05) is 15.5 Å². The van der Waals surface area contributed by atoms with Crippen molar-refractivity contribution in [2.24, 2.45) is 0 Å². The molecule has 1 aromatic carbocycles. The Morgan fingerprint density at radius 1 is 1.42 bits per heavy atom. The number of fused-ring (bicyclic) bond motifs is 1. The molecule has 2 rings (SSSR count). The van der Waals surface area contributed by atoms with Crippen LogP contribution in [0.3, 0.4) is 0 Å². The first-order valence-electron chi connectivity index (χ1n) is 3.33. The predicted octanol–water partition coefficient (Wildman–Crippen LogP) is 2.95. The number of nitrogen functional groups attached to an aromatic ring is 1. The van der Waals surface area contributed by atoms with E-state index in [9.17, 15) is 5.11 Å². The van der Waals surface area contributed by atoms with E-state index in [1.54, 1.807) is 6.07 Å². The molecule has 0 radical (unpaired) electrons. The Balaban J connectivity index is 2.87. The SMILES string of the molecule is Nc1csc2cc(O)c(Br)cc12. The molecule has 2 nitrogen and oxygen atoms in total. The van der Waals surface area contributed by atoms with Gasteiger partial charge in [-0.05, 0) is 28.1 Å². The van der Waals surface area contributed by atoms with Crippen molar-refractivity contribution in [3.63, 3.8) is 0 Å². The maximum absolute atomic E-state index is 9.35. The summed E-state index contributed by atoms with van der Waals surface area (Å²) in [6.45, 7) is 0. The van der Waals surface area contributed by atoms with Gasteiger partial charge >= 0.3 is 0 Å². The Morgan fingerprint density at radius 2 is 2.17 bits per heavy atom. The molecule has 1 heterocycles. The predicted molar refractivity (Wildman–Crippen MR) is 55.6 cm³/mol. The van der Waals surface area contributed by atoms with Crippen LogP contribution in [-0.2, 0) is 0 Å². The van der Waals surface area contributed by atoms with Gasteiger partial charge in [-0.15, -0.1) is 11.3 Å². The van der Waals surface area contributed by atoms with Crippen LogP contribution >= 0.6 is 27.3 Å². The number of hydrogen-bond acceptors (Lipinski definition) is 3. The zero-order chi connectivity index (χ0) is 8.72. The van der Waals surface area contributed by atoms with Crippen LogP contribution in [0, 0.1) is 0 Å². The summed E-state index contributed by atoms with van der Waals surface area (Å²) in [6, 6.07) is 3.54. The number of halogens is 1. The fraction of sp³-hybridized carbons (Fsp3) is 0. The first-order valence-corrected chi connectivity index (χ1v) is 5.01. The topological polar surface area (TPSA) is 46.2 Å². The highest BCUT2D eigenvalue weighted by Crippen LogP contribution is 2.35. The van der Waals surface area contributed by atoms with Crippen LogP contribution in [0.15, 0.2) is 22.0 Å². The molecule has 0 aliphatic rings. The van der Waals surface area contributed by atoms with Crippen LogP contribution in [0.4, 0.5) is 5.69 Å². The molecule has 0 atom stereocenters. The van der Waals surface area contributed by atoms with Gasteiger partial charge in [0.15, 0.2) is 0 Å². The summed E-state index contributed by atoms with van der Waals surface area (Å²) in [7, 11) is 0. The van der Waals surface area contributed by atoms with Gasteiger partial charge in [-0.1, -0.05) is 0 Å². The molecular formula is C8H6BrNOS. The fourth-order valence-corrected chi connectivity index (χ4v) is 2.26. The number of phenols is 1. The van der Waals surface area contributed by atoms with Crippen molar-refractivity contribution in [1.29, 1.82) is 0 Å². The van der Waals surface area contributed by atoms with Crippen molar-refractivity contribution < 1.29 is 5.11 Å². The summed E-state index contributed by atoms with van der Waals surface area (Å²) < 4.78 is 1.69. The van der Waals surface area contributed by atoms with Gasteiger partial charge in [0.25, 0.3) is 0 Å². The number of hydrogen-bond donors (Lipinski definition) is 2. The molecule has 0 amide bonds. The summed E-state index contributed by atoms with van der Waals surface area (Å²) in [5.41, 5.74) is 6.46. The Morgan fingerprint density at radius 3 is 2.92 bits per heavy atom. The average molecular weight is 244 g/mol. The monoisotopic (exact) mass is 243 g/mol. The Kier molecular flexibility index (Phi) is 1.73. The third-order valence-corrected chi connectivity index (χ3v) is 3.27. The molecule has 0 fully saturated rings. The summed E-state index contributed by atoms with van der Waals surface area (Å²) in [5, 5.41) is 12.2. The number of phenolic OH excluding ortho intramolecular Hbond substituents is 1. The number of anilines is 1. The van der Waals surface area contributed by atoms with Gasteiger partial charge in [-0.2, -0.15) is 0 Å². The summed E-state index contributed by atoms with van der Waals surface area (Å²) in [5.74, 6) is 0.254. The second-order valence-electron chi connectivity index (χ2n) is 2.49. The quantitative estimate of drug-likeness (QED) is 0.748. The second kappa shape index (κ2) is 2.64. The molecule has 62 valence electrons. The number of thiophene rings is 1. The maximum atomic E-state index is 9.35. The lowest BCUT2D eigenvalue weighted by Crippen LogP contribution is -1.79. The maximum Gasteiger partial charge on any atom is 0.131 e. The van der Waals surface area contributed by atoms with E-state index < -0.39 is 0 Å². The Hall–Kier alpha value is -0.740. The normalized spacial score (nSPS) is 10.8. The van der Waals surface area contributed by atoms with Gasteiger partial charge in [0.05, 0.1) is 10.2 Å². The standard InChI is InChI=1S/C8H6BrNOS/c9-5-1-4-6(10)3-12-8(4)2-7(5)11/h1-3,11H,10H2. The van der Waals surface area contributed by atoms with Gasteiger partial charge in [0.2, 0.25) is 0 Å². The van der Waals surface area contributed by atoms with Gasteiger partial charge in [0.1, 0.15) is 5.75 Å². The molecule has 12 heavy (non-hydrogen) atoms. The van der Waals surface area contributed by atoms with E-state index in [1.807, 2.05) is 11.4 Å². The van der Waals surface area contributed by atoms with Crippen molar-refractivity contribution in [1.82, 2.24) is 0 Å². The van der Waals surface area contributed by atoms with Crippen molar-refractivity contribution >= 4 is 43.0 Å². The van der Waals surface area contributed by atoms with E-state index in [0.29, 0.717) is 4.47 Å². The summed E-state index contributed by atoms with van der Waals surface area (Å²) in [6.07, 6.45) is 0. The van der Waals surface area contributed by atoms with Crippen molar-refractivity contribution in [2.75, 3.05) is 5.73 Å². The summed E-state index contributed by atoms with van der Waals surface area (Å²) in [4.78, 5) is 0. The minimum Gasteiger partial charge on any atom is -0.507 e. The van der Waals surface area contributed by atoms with Crippen LogP contribution in [0.25, 0.3) is 10.1 Å². The Bertz CT molecular complexity index is 438.